The predicted molar refractivity (Wildman–Crippen MR) is 137 cm³/mol. The van der Waals surface area contributed by atoms with Crippen LogP contribution in [-0.4, -0.2) is 40.5 Å². The molecule has 9 heteroatoms. The minimum Gasteiger partial charge on any atom is -0.459 e. The van der Waals surface area contributed by atoms with Gasteiger partial charge in [0.1, 0.15) is 17.2 Å². The van der Waals surface area contributed by atoms with Crippen LogP contribution in [0.4, 0.5) is 11.5 Å². The van der Waals surface area contributed by atoms with E-state index in [9.17, 15) is 14.4 Å². The summed E-state index contributed by atoms with van der Waals surface area (Å²) in [5, 5.41) is 0.990. The van der Waals surface area contributed by atoms with Crippen molar-refractivity contribution in [1.82, 2.24) is 14.5 Å². The molecule has 1 unspecified atom stereocenters. The molecule has 4 rings (SSSR count). The second-order valence-corrected chi connectivity index (χ2v) is 8.48. The van der Waals surface area contributed by atoms with Crippen LogP contribution in [0.3, 0.4) is 0 Å². The highest BCUT2D eigenvalue weighted by Gasteiger charge is 2.26. The van der Waals surface area contributed by atoms with E-state index >= 15 is 0 Å². The van der Waals surface area contributed by atoms with Crippen molar-refractivity contribution in [2.75, 3.05) is 30.8 Å². The Morgan fingerprint density at radius 2 is 1.80 bits per heavy atom. The number of nitrogens with two attached hydrogens (primary N) is 1. The summed E-state index contributed by atoms with van der Waals surface area (Å²) in [6, 6.07) is 18.8. The number of carbonyl (C=O) groups excluding carboxylic acids is 1. The minimum absolute atomic E-state index is 0.0166. The van der Waals surface area contributed by atoms with E-state index in [0.29, 0.717) is 0 Å². The van der Waals surface area contributed by atoms with Gasteiger partial charge in [-0.3, -0.25) is 24.0 Å². The van der Waals surface area contributed by atoms with Gasteiger partial charge in [0, 0.05) is 11.9 Å². The number of para-hydroxylation sites is 1. The van der Waals surface area contributed by atoms with E-state index in [1.165, 1.54) is 9.47 Å². The second-order valence-electron chi connectivity index (χ2n) is 8.48. The number of anilines is 2. The summed E-state index contributed by atoms with van der Waals surface area (Å²) in [7, 11) is 1.81. The third-order valence-electron chi connectivity index (χ3n) is 6.19. The number of aromatic amines is 1. The van der Waals surface area contributed by atoms with E-state index in [-0.39, 0.29) is 43.1 Å². The number of nitrogens with zero attached hydrogens (tertiary/aromatic N) is 3. The van der Waals surface area contributed by atoms with Crippen molar-refractivity contribution in [3.63, 3.8) is 0 Å². The molecule has 1 atom stereocenters. The fourth-order valence-electron chi connectivity index (χ4n) is 4.08. The maximum Gasteiger partial charge on any atom is 0.330 e. The zero-order valence-corrected chi connectivity index (χ0v) is 20.0. The zero-order valence-electron chi connectivity index (χ0n) is 20.0. The topological polar surface area (TPSA) is 118 Å². The van der Waals surface area contributed by atoms with Crippen molar-refractivity contribution in [1.29, 1.82) is 0 Å². The van der Waals surface area contributed by atoms with Crippen molar-refractivity contribution < 1.29 is 9.21 Å². The van der Waals surface area contributed by atoms with E-state index < -0.39 is 11.2 Å². The first-order chi connectivity index (χ1) is 16.8. The summed E-state index contributed by atoms with van der Waals surface area (Å²) in [6.07, 6.45) is 0. The Morgan fingerprint density at radius 3 is 2.49 bits per heavy atom. The van der Waals surface area contributed by atoms with Crippen molar-refractivity contribution in [3.8, 4) is 0 Å². The molecule has 0 fully saturated rings. The Balaban J connectivity index is 1.59. The molecule has 0 spiro atoms. The highest BCUT2D eigenvalue weighted by atomic mass is 16.3. The molecule has 2 aromatic heterocycles. The standard InChI is InChI=1S/C26H29N5O4/c1-4-30(22(32)16-29(3)17(2)21-14-19-12-8-9-13-20(19)35-21)23-24(27)31(26(34)28-25(23)33)15-18-10-6-5-7-11-18/h5-14,17H,4,15-16,27H2,1-3H3,(H,28,33,34). The number of fused-ring (bicyclic) bond motifs is 1. The number of furan rings is 1. The number of carbonyl (C=O) groups is 1. The fraction of sp³-hybridized carbons (Fsp3) is 0.269. The van der Waals surface area contributed by atoms with Gasteiger partial charge in [-0.25, -0.2) is 4.79 Å². The third kappa shape index (κ3) is 4.90. The summed E-state index contributed by atoms with van der Waals surface area (Å²) in [5.74, 6) is 0.365. The number of hydrogen-bond acceptors (Lipinski definition) is 6. The third-order valence-corrected chi connectivity index (χ3v) is 6.19. The number of benzene rings is 2. The summed E-state index contributed by atoms with van der Waals surface area (Å²) in [5.41, 5.74) is 6.56. The smallest absolute Gasteiger partial charge is 0.330 e. The normalized spacial score (nSPS) is 12.2. The molecule has 1 amide bonds. The van der Waals surface area contributed by atoms with E-state index in [2.05, 4.69) is 4.98 Å². The quantitative estimate of drug-likeness (QED) is 0.405. The number of likely N-dealkylation sites (N-methyl/N-ethyl adjacent to an activating group) is 2. The van der Waals surface area contributed by atoms with Gasteiger partial charge in [-0.2, -0.15) is 0 Å². The Morgan fingerprint density at radius 1 is 1.11 bits per heavy atom. The van der Waals surface area contributed by atoms with Gasteiger partial charge in [0.05, 0.1) is 19.1 Å². The van der Waals surface area contributed by atoms with Crippen LogP contribution in [0.2, 0.25) is 0 Å². The molecule has 0 aliphatic rings. The maximum atomic E-state index is 13.3. The van der Waals surface area contributed by atoms with Gasteiger partial charge < -0.3 is 15.1 Å². The first kappa shape index (κ1) is 24.0. The zero-order chi connectivity index (χ0) is 25.1. The van der Waals surface area contributed by atoms with Gasteiger partial charge >= 0.3 is 5.69 Å². The molecule has 4 aromatic rings. The molecule has 0 aliphatic heterocycles. The highest BCUT2D eigenvalue weighted by molar-refractivity contribution is 5.96. The molecule has 0 aliphatic carbocycles. The molecule has 35 heavy (non-hydrogen) atoms. The molecule has 2 aromatic carbocycles. The summed E-state index contributed by atoms with van der Waals surface area (Å²) in [6.45, 7) is 4.10. The van der Waals surface area contributed by atoms with Crippen LogP contribution in [-0.2, 0) is 11.3 Å². The first-order valence-electron chi connectivity index (χ1n) is 11.5. The highest BCUT2D eigenvalue weighted by Crippen LogP contribution is 2.27. The van der Waals surface area contributed by atoms with Gasteiger partial charge in [-0.1, -0.05) is 48.5 Å². The van der Waals surface area contributed by atoms with Gasteiger partial charge in [0.25, 0.3) is 5.56 Å². The number of hydrogen-bond donors (Lipinski definition) is 2. The molecule has 3 N–H and O–H groups in total. The molecule has 0 radical (unpaired) electrons. The van der Waals surface area contributed by atoms with Gasteiger partial charge in [-0.15, -0.1) is 0 Å². The Hall–Kier alpha value is -4.11. The van der Waals surface area contributed by atoms with E-state index in [1.807, 2.05) is 79.5 Å². The minimum atomic E-state index is -0.694. The lowest BCUT2D eigenvalue weighted by atomic mass is 10.2. The lowest BCUT2D eigenvalue weighted by molar-refractivity contribution is -0.119. The average Bonchev–Trinajstić information content (AvgIpc) is 3.28. The number of aromatic nitrogens is 2. The molecule has 0 saturated carbocycles. The van der Waals surface area contributed by atoms with Gasteiger partial charge in [-0.05, 0) is 38.6 Å². The SMILES string of the molecule is CCN(C(=O)CN(C)C(C)c1cc2ccccc2o1)c1c(N)n(Cc2ccccc2)c(=O)[nH]c1=O. The lowest BCUT2D eigenvalue weighted by Gasteiger charge is -2.27. The van der Waals surface area contributed by atoms with Crippen LogP contribution < -0.4 is 21.9 Å². The predicted octanol–water partition coefficient (Wildman–Crippen LogP) is 2.96. The second kappa shape index (κ2) is 10.0. The number of nitrogen functional groups attached to an aromatic ring is 1. The lowest BCUT2D eigenvalue weighted by Crippen LogP contribution is -2.44. The van der Waals surface area contributed by atoms with Gasteiger partial charge in [0.2, 0.25) is 5.91 Å². The Labute approximate surface area is 202 Å². The van der Waals surface area contributed by atoms with Crippen molar-refractivity contribution in [3.05, 3.63) is 92.8 Å². The van der Waals surface area contributed by atoms with Crippen LogP contribution >= 0.6 is 0 Å². The van der Waals surface area contributed by atoms with Gasteiger partial charge in [0.15, 0.2) is 5.69 Å². The molecular formula is C26H29N5O4. The monoisotopic (exact) mass is 475 g/mol. The molecule has 9 nitrogen and oxygen atoms in total. The van der Waals surface area contributed by atoms with Crippen molar-refractivity contribution >= 4 is 28.4 Å². The maximum absolute atomic E-state index is 13.3. The van der Waals surface area contributed by atoms with E-state index in [4.69, 9.17) is 10.2 Å². The fourth-order valence-corrected chi connectivity index (χ4v) is 4.08. The largest absolute Gasteiger partial charge is 0.459 e. The number of H-pyrrole nitrogens is 1. The van der Waals surface area contributed by atoms with Crippen LogP contribution in [0.5, 0.6) is 0 Å². The van der Waals surface area contributed by atoms with Crippen LogP contribution in [0.25, 0.3) is 11.0 Å². The van der Waals surface area contributed by atoms with E-state index in [0.717, 1.165) is 22.3 Å². The van der Waals surface area contributed by atoms with Crippen LogP contribution in [0, 0.1) is 0 Å². The summed E-state index contributed by atoms with van der Waals surface area (Å²) in [4.78, 5) is 44.0. The molecule has 2 heterocycles. The molecular weight excluding hydrogens is 446 g/mol. The van der Waals surface area contributed by atoms with Crippen LogP contribution in [0.1, 0.15) is 31.2 Å². The number of nitrogens with one attached hydrogen (secondary N) is 1. The average molecular weight is 476 g/mol. The Kier molecular flexibility index (Phi) is 6.88. The van der Waals surface area contributed by atoms with Crippen molar-refractivity contribution in [2.24, 2.45) is 0 Å². The summed E-state index contributed by atoms with van der Waals surface area (Å²) < 4.78 is 7.21. The van der Waals surface area contributed by atoms with Crippen LogP contribution in [0.15, 0.2) is 74.7 Å². The summed E-state index contributed by atoms with van der Waals surface area (Å²) >= 11 is 0. The molecule has 0 bridgehead atoms. The number of amides is 1. The molecule has 0 saturated heterocycles. The first-order valence-corrected chi connectivity index (χ1v) is 11.5. The van der Waals surface area contributed by atoms with E-state index in [1.54, 1.807) is 6.92 Å². The number of rotatable bonds is 8. The Bertz CT molecular complexity index is 1420. The molecule has 182 valence electrons. The van der Waals surface area contributed by atoms with Crippen molar-refractivity contribution in [2.45, 2.75) is 26.4 Å².